The zero-order valence-corrected chi connectivity index (χ0v) is 27.2. The monoisotopic (exact) mass is 644 g/mol. The topological polar surface area (TPSA) is 35.0 Å². The molecule has 49 heavy (non-hydrogen) atoms. The normalized spacial score (nSPS) is 13.2. The third-order valence-electron chi connectivity index (χ3n) is 9.83. The maximum absolute atomic E-state index is 6.92. The molecule has 230 valence electrons. The fraction of sp³-hybridized carbons (Fsp3) is 0.0222. The average Bonchev–Trinajstić information content (AvgIpc) is 3.78. The Morgan fingerprint density at radius 1 is 0.429 bits per heavy atom. The van der Waals surface area contributed by atoms with Gasteiger partial charge in [0.1, 0.15) is 11.5 Å². The standard InChI is InChI=1S/C45H28N2OS/c1-3-14-29(15-4-1)38-28-39(30-16-5-2-6-17-30)47-44(46-38)42-27-26-41(49-42)33-20-13-24-37-43(33)48-40-25-12-11-23-36(40)45(37)34-21-9-7-18-31(34)32-19-8-10-22-35(32)45/h1-28H. The number of para-hydroxylation sites is 2. The molecule has 6 aromatic carbocycles. The molecule has 0 N–H and O–H groups in total. The lowest BCUT2D eigenvalue weighted by Gasteiger charge is -2.40. The van der Waals surface area contributed by atoms with Crippen molar-refractivity contribution in [2.75, 3.05) is 0 Å². The zero-order valence-electron chi connectivity index (χ0n) is 26.4. The first-order valence-electron chi connectivity index (χ1n) is 16.5. The van der Waals surface area contributed by atoms with E-state index >= 15 is 0 Å². The Kier molecular flexibility index (Phi) is 6.27. The number of ether oxygens (including phenoxy) is 1. The molecule has 3 heterocycles. The SMILES string of the molecule is c1ccc(-c2cc(-c3ccccc3)nc(-c3ccc(-c4cccc5c4Oc4ccccc4C54c5ccccc5-c5ccccc54)s3)n2)cc1. The second kappa shape index (κ2) is 11.0. The van der Waals surface area contributed by atoms with Gasteiger partial charge in [0, 0.05) is 32.7 Å². The van der Waals surface area contributed by atoms with E-state index in [2.05, 4.69) is 133 Å². The van der Waals surface area contributed by atoms with Gasteiger partial charge in [-0.15, -0.1) is 11.3 Å². The molecule has 4 heteroatoms. The summed E-state index contributed by atoms with van der Waals surface area (Å²) in [6.45, 7) is 0. The first kappa shape index (κ1) is 28.0. The van der Waals surface area contributed by atoms with Crippen LogP contribution in [0.15, 0.2) is 170 Å². The highest BCUT2D eigenvalue weighted by atomic mass is 32.1. The van der Waals surface area contributed by atoms with E-state index in [4.69, 9.17) is 14.7 Å². The molecule has 0 bridgehead atoms. The predicted molar refractivity (Wildman–Crippen MR) is 199 cm³/mol. The van der Waals surface area contributed by atoms with Crippen LogP contribution in [0.4, 0.5) is 0 Å². The number of fused-ring (bicyclic) bond motifs is 9. The summed E-state index contributed by atoms with van der Waals surface area (Å²) in [7, 11) is 0. The summed E-state index contributed by atoms with van der Waals surface area (Å²) in [6.07, 6.45) is 0. The van der Waals surface area contributed by atoms with Crippen LogP contribution in [0.5, 0.6) is 11.5 Å². The highest BCUT2D eigenvalue weighted by molar-refractivity contribution is 7.18. The maximum Gasteiger partial charge on any atom is 0.170 e. The summed E-state index contributed by atoms with van der Waals surface area (Å²) >= 11 is 1.70. The summed E-state index contributed by atoms with van der Waals surface area (Å²) in [4.78, 5) is 12.3. The summed E-state index contributed by atoms with van der Waals surface area (Å²) in [5, 5.41) is 0. The number of hydrogen-bond acceptors (Lipinski definition) is 4. The summed E-state index contributed by atoms with van der Waals surface area (Å²) in [6, 6.07) is 59.9. The minimum atomic E-state index is -0.495. The van der Waals surface area contributed by atoms with Crippen molar-refractivity contribution in [3.63, 3.8) is 0 Å². The Balaban J connectivity index is 1.16. The zero-order chi connectivity index (χ0) is 32.4. The lowest BCUT2D eigenvalue weighted by Crippen LogP contribution is -2.32. The summed E-state index contributed by atoms with van der Waals surface area (Å²) < 4.78 is 6.92. The first-order chi connectivity index (χ1) is 24.3. The minimum absolute atomic E-state index is 0.495. The minimum Gasteiger partial charge on any atom is -0.456 e. The molecule has 0 atom stereocenters. The Labute approximate surface area is 288 Å². The molecule has 2 aromatic heterocycles. The third-order valence-corrected chi connectivity index (χ3v) is 10.9. The molecule has 1 spiro atoms. The third kappa shape index (κ3) is 4.21. The fourth-order valence-corrected chi connectivity index (χ4v) is 8.71. The van der Waals surface area contributed by atoms with Crippen LogP contribution in [-0.2, 0) is 5.41 Å². The molecule has 10 rings (SSSR count). The van der Waals surface area contributed by atoms with Crippen LogP contribution in [-0.4, -0.2) is 9.97 Å². The molecule has 0 saturated heterocycles. The molecule has 0 unspecified atom stereocenters. The number of benzene rings is 6. The lowest BCUT2D eigenvalue weighted by atomic mass is 9.66. The van der Waals surface area contributed by atoms with E-state index in [1.54, 1.807) is 11.3 Å². The van der Waals surface area contributed by atoms with E-state index in [1.165, 1.54) is 27.8 Å². The molecular weight excluding hydrogens is 617 g/mol. The van der Waals surface area contributed by atoms with E-state index in [-0.39, 0.29) is 0 Å². The van der Waals surface area contributed by atoms with Crippen LogP contribution in [0.1, 0.15) is 22.3 Å². The summed E-state index contributed by atoms with van der Waals surface area (Å²) in [5.41, 5.74) is 11.9. The van der Waals surface area contributed by atoms with Crippen molar-refractivity contribution in [1.82, 2.24) is 9.97 Å². The number of thiophene rings is 1. The van der Waals surface area contributed by atoms with Crippen LogP contribution >= 0.6 is 11.3 Å². The predicted octanol–water partition coefficient (Wildman–Crippen LogP) is 11.7. The van der Waals surface area contributed by atoms with Gasteiger partial charge in [0.15, 0.2) is 5.82 Å². The van der Waals surface area contributed by atoms with Gasteiger partial charge in [-0.3, -0.25) is 0 Å². The molecule has 0 amide bonds. The van der Waals surface area contributed by atoms with Gasteiger partial charge in [-0.05, 0) is 52.6 Å². The van der Waals surface area contributed by atoms with E-state index in [1.807, 2.05) is 36.4 Å². The van der Waals surface area contributed by atoms with Crippen LogP contribution in [0.2, 0.25) is 0 Å². The van der Waals surface area contributed by atoms with Crippen LogP contribution < -0.4 is 4.74 Å². The van der Waals surface area contributed by atoms with Crippen molar-refractivity contribution >= 4 is 11.3 Å². The van der Waals surface area contributed by atoms with Crippen molar-refractivity contribution in [2.24, 2.45) is 0 Å². The Bertz CT molecular complexity index is 2430. The largest absolute Gasteiger partial charge is 0.456 e. The number of hydrogen-bond donors (Lipinski definition) is 0. The molecule has 0 saturated carbocycles. The van der Waals surface area contributed by atoms with Gasteiger partial charge < -0.3 is 4.74 Å². The Morgan fingerprint density at radius 3 is 1.59 bits per heavy atom. The van der Waals surface area contributed by atoms with Crippen molar-refractivity contribution < 1.29 is 4.74 Å². The molecule has 0 fully saturated rings. The van der Waals surface area contributed by atoms with Crippen molar-refractivity contribution in [1.29, 1.82) is 0 Å². The first-order valence-corrected chi connectivity index (χ1v) is 17.3. The van der Waals surface area contributed by atoms with Crippen molar-refractivity contribution in [3.8, 4) is 66.3 Å². The second-order valence-electron chi connectivity index (χ2n) is 12.5. The van der Waals surface area contributed by atoms with Gasteiger partial charge in [-0.2, -0.15) is 0 Å². The van der Waals surface area contributed by atoms with Crippen LogP contribution in [0.3, 0.4) is 0 Å². The molecule has 0 radical (unpaired) electrons. The van der Waals surface area contributed by atoms with E-state index in [9.17, 15) is 0 Å². The molecule has 1 aliphatic carbocycles. The van der Waals surface area contributed by atoms with E-state index < -0.39 is 5.41 Å². The molecule has 3 nitrogen and oxygen atoms in total. The van der Waals surface area contributed by atoms with Gasteiger partial charge >= 0.3 is 0 Å². The maximum atomic E-state index is 6.92. The molecule has 8 aromatic rings. The number of nitrogens with zero attached hydrogens (tertiary/aromatic N) is 2. The Morgan fingerprint density at radius 2 is 0.939 bits per heavy atom. The van der Waals surface area contributed by atoms with Gasteiger partial charge in [0.25, 0.3) is 0 Å². The quantitative estimate of drug-likeness (QED) is 0.191. The average molecular weight is 645 g/mol. The van der Waals surface area contributed by atoms with E-state index in [0.717, 1.165) is 54.9 Å². The Hall–Kier alpha value is -6.10. The van der Waals surface area contributed by atoms with Crippen molar-refractivity contribution in [3.05, 3.63) is 192 Å². The molecular formula is C45H28N2OS. The lowest BCUT2D eigenvalue weighted by molar-refractivity contribution is 0.438. The highest BCUT2D eigenvalue weighted by Gasteiger charge is 2.51. The van der Waals surface area contributed by atoms with Gasteiger partial charge in [0.05, 0.1) is 21.7 Å². The number of rotatable bonds is 4. The number of aromatic nitrogens is 2. The molecule has 1 aliphatic heterocycles. The van der Waals surface area contributed by atoms with E-state index in [0.29, 0.717) is 5.82 Å². The van der Waals surface area contributed by atoms with Gasteiger partial charge in [-0.25, -0.2) is 9.97 Å². The van der Waals surface area contributed by atoms with Crippen LogP contribution in [0.25, 0.3) is 54.8 Å². The smallest absolute Gasteiger partial charge is 0.170 e. The summed E-state index contributed by atoms with van der Waals surface area (Å²) in [5.74, 6) is 2.49. The van der Waals surface area contributed by atoms with Gasteiger partial charge in [0.2, 0.25) is 0 Å². The second-order valence-corrected chi connectivity index (χ2v) is 13.6. The van der Waals surface area contributed by atoms with Crippen LogP contribution in [0, 0.1) is 0 Å². The van der Waals surface area contributed by atoms with Gasteiger partial charge in [-0.1, -0.05) is 140 Å². The fourth-order valence-electron chi connectivity index (χ4n) is 7.75. The highest BCUT2D eigenvalue weighted by Crippen LogP contribution is 2.63. The molecule has 2 aliphatic rings. The van der Waals surface area contributed by atoms with Crippen molar-refractivity contribution in [2.45, 2.75) is 5.41 Å².